The zero-order valence-corrected chi connectivity index (χ0v) is 18.2. The first-order valence-corrected chi connectivity index (χ1v) is 10.5. The fourth-order valence-electron chi connectivity index (χ4n) is 4.42. The van der Waals surface area contributed by atoms with E-state index >= 15 is 0 Å². The van der Waals surface area contributed by atoms with Crippen molar-refractivity contribution in [1.29, 1.82) is 0 Å². The maximum atomic E-state index is 10.8. The second-order valence-corrected chi connectivity index (χ2v) is 8.10. The van der Waals surface area contributed by atoms with Gasteiger partial charge in [0.1, 0.15) is 17.1 Å². The van der Waals surface area contributed by atoms with Crippen molar-refractivity contribution in [3.63, 3.8) is 0 Å². The number of phenolic OH excluding ortho intramolecular Hbond substituents is 1. The molecule has 1 N–H and O–H groups in total. The van der Waals surface area contributed by atoms with Crippen molar-refractivity contribution in [2.24, 2.45) is 5.92 Å². The zero-order valence-electron chi connectivity index (χ0n) is 18.2. The molecule has 0 radical (unpaired) electrons. The van der Waals surface area contributed by atoms with Gasteiger partial charge in [-0.1, -0.05) is 56.9 Å². The minimum atomic E-state index is -0.227. The van der Waals surface area contributed by atoms with Gasteiger partial charge >= 0.3 is 0 Å². The standard InChI is InChI=1S/C24H30O2.C2H6/c1-6-8-17(7-2)10-11-18-14-21(25)23-19-13-16(3)9-12-20(19)24(4,5)26-22(23)15-18;1-2/h6-8,13-15,19-20,25H,1-2,9-12H2,3-5H3;1-2H3/b17-8+;. The lowest BCUT2D eigenvalue weighted by atomic mass is 9.68. The van der Waals surface area contributed by atoms with Crippen LogP contribution in [0.2, 0.25) is 0 Å². The number of allylic oxidation sites excluding steroid dienone is 6. The van der Waals surface area contributed by atoms with Crippen LogP contribution in [0.15, 0.2) is 60.7 Å². The molecule has 1 aliphatic heterocycles. The Morgan fingerprint density at radius 3 is 2.64 bits per heavy atom. The summed E-state index contributed by atoms with van der Waals surface area (Å²) in [6.07, 6.45) is 11.9. The van der Waals surface area contributed by atoms with E-state index in [1.165, 1.54) is 5.57 Å². The maximum absolute atomic E-state index is 10.8. The van der Waals surface area contributed by atoms with Gasteiger partial charge in [0, 0.05) is 17.4 Å². The summed E-state index contributed by atoms with van der Waals surface area (Å²) in [5.41, 5.74) is 4.37. The third-order valence-corrected chi connectivity index (χ3v) is 5.82. The molecule has 3 rings (SSSR count). The average molecular weight is 381 g/mol. The molecule has 152 valence electrons. The van der Waals surface area contributed by atoms with Crippen LogP contribution in [0, 0.1) is 5.92 Å². The fourth-order valence-corrected chi connectivity index (χ4v) is 4.42. The van der Waals surface area contributed by atoms with Gasteiger partial charge in [0.2, 0.25) is 0 Å². The number of fused-ring (bicyclic) bond motifs is 3. The number of hydrogen-bond donors (Lipinski definition) is 1. The minimum absolute atomic E-state index is 0.227. The van der Waals surface area contributed by atoms with Crippen LogP contribution in [-0.4, -0.2) is 10.7 Å². The molecule has 2 atom stereocenters. The van der Waals surface area contributed by atoms with Crippen molar-refractivity contribution in [1.82, 2.24) is 0 Å². The van der Waals surface area contributed by atoms with Crippen molar-refractivity contribution < 1.29 is 9.84 Å². The second kappa shape index (κ2) is 9.32. The third-order valence-electron chi connectivity index (χ3n) is 5.82. The molecule has 1 aromatic rings. The van der Waals surface area contributed by atoms with E-state index in [1.807, 2.05) is 32.1 Å². The Kier molecular flexibility index (Phi) is 7.35. The Labute approximate surface area is 171 Å². The average Bonchev–Trinajstić information content (AvgIpc) is 2.65. The quantitative estimate of drug-likeness (QED) is 0.430. The van der Waals surface area contributed by atoms with E-state index in [2.05, 4.69) is 46.1 Å². The summed E-state index contributed by atoms with van der Waals surface area (Å²) in [6.45, 7) is 18.1. The number of rotatable bonds is 5. The van der Waals surface area contributed by atoms with Gasteiger partial charge < -0.3 is 9.84 Å². The van der Waals surface area contributed by atoms with E-state index in [4.69, 9.17) is 4.74 Å². The zero-order chi connectivity index (χ0) is 20.9. The predicted octanol–water partition coefficient (Wildman–Crippen LogP) is 7.26. The van der Waals surface area contributed by atoms with Crippen LogP contribution >= 0.6 is 0 Å². The lowest BCUT2D eigenvalue weighted by Gasteiger charge is -2.46. The smallest absolute Gasteiger partial charge is 0.127 e. The number of phenols is 1. The SMILES string of the molecule is C=C/C=C(\C=C)CCc1cc(O)c2c(c1)OC(C)(C)C1CCC(C)=CC21.CC. The van der Waals surface area contributed by atoms with Gasteiger partial charge in [-0.25, -0.2) is 0 Å². The van der Waals surface area contributed by atoms with Gasteiger partial charge in [-0.2, -0.15) is 0 Å². The van der Waals surface area contributed by atoms with E-state index in [0.29, 0.717) is 11.7 Å². The molecule has 2 aliphatic rings. The molecule has 2 unspecified atom stereocenters. The lowest BCUT2D eigenvalue weighted by molar-refractivity contribution is 0.0107. The molecule has 2 nitrogen and oxygen atoms in total. The summed E-state index contributed by atoms with van der Waals surface area (Å²) in [4.78, 5) is 0. The highest BCUT2D eigenvalue weighted by Gasteiger charge is 2.45. The van der Waals surface area contributed by atoms with Crippen LogP contribution in [0.5, 0.6) is 11.5 Å². The number of aryl methyl sites for hydroxylation is 1. The van der Waals surface area contributed by atoms with Crippen LogP contribution in [0.25, 0.3) is 0 Å². The Balaban J connectivity index is 0.00000136. The van der Waals surface area contributed by atoms with Crippen molar-refractivity contribution in [3.8, 4) is 11.5 Å². The Morgan fingerprint density at radius 1 is 1.29 bits per heavy atom. The molecule has 1 heterocycles. The predicted molar refractivity (Wildman–Crippen MR) is 120 cm³/mol. The van der Waals surface area contributed by atoms with Crippen LogP contribution in [-0.2, 0) is 6.42 Å². The molecule has 0 fully saturated rings. The van der Waals surface area contributed by atoms with Crippen molar-refractivity contribution in [2.75, 3.05) is 0 Å². The lowest BCUT2D eigenvalue weighted by Crippen LogP contribution is -2.45. The van der Waals surface area contributed by atoms with Gasteiger partial charge in [-0.15, -0.1) is 0 Å². The normalized spacial score (nSPS) is 22.5. The van der Waals surface area contributed by atoms with Gasteiger partial charge in [0.15, 0.2) is 0 Å². The molecule has 1 aromatic carbocycles. The molecular weight excluding hydrogens is 344 g/mol. The maximum Gasteiger partial charge on any atom is 0.127 e. The molecule has 0 amide bonds. The highest BCUT2D eigenvalue weighted by molar-refractivity contribution is 5.54. The Morgan fingerprint density at radius 2 is 2.00 bits per heavy atom. The number of ether oxygens (including phenoxy) is 1. The minimum Gasteiger partial charge on any atom is -0.507 e. The molecule has 1 aliphatic carbocycles. The van der Waals surface area contributed by atoms with Crippen molar-refractivity contribution >= 4 is 0 Å². The van der Waals surface area contributed by atoms with Gasteiger partial charge in [-0.05, 0) is 69.7 Å². The van der Waals surface area contributed by atoms with E-state index < -0.39 is 0 Å². The second-order valence-electron chi connectivity index (χ2n) is 8.10. The van der Waals surface area contributed by atoms with Crippen LogP contribution in [0.3, 0.4) is 0 Å². The summed E-state index contributed by atoms with van der Waals surface area (Å²) in [5.74, 6) is 1.84. The first kappa shape index (κ1) is 22.1. The fraction of sp³-hybridized carbons (Fsp3) is 0.462. The molecule has 0 saturated carbocycles. The molecule has 0 bridgehead atoms. The number of benzene rings is 1. The van der Waals surface area contributed by atoms with Crippen LogP contribution < -0.4 is 4.74 Å². The van der Waals surface area contributed by atoms with Crippen molar-refractivity contribution in [2.45, 2.75) is 71.8 Å². The Bertz CT molecular complexity index is 780. The molecule has 28 heavy (non-hydrogen) atoms. The molecule has 0 saturated heterocycles. The molecule has 0 spiro atoms. The van der Waals surface area contributed by atoms with E-state index in [0.717, 1.165) is 48.1 Å². The third kappa shape index (κ3) is 4.60. The number of hydrogen-bond acceptors (Lipinski definition) is 2. The molecular formula is C26H36O2. The summed E-state index contributed by atoms with van der Waals surface area (Å²) < 4.78 is 6.39. The summed E-state index contributed by atoms with van der Waals surface area (Å²) in [5, 5.41) is 10.8. The summed E-state index contributed by atoms with van der Waals surface area (Å²) >= 11 is 0. The monoisotopic (exact) mass is 380 g/mol. The first-order chi connectivity index (χ1) is 13.4. The van der Waals surface area contributed by atoms with Crippen LogP contribution in [0.1, 0.15) is 70.9 Å². The molecule has 2 heteroatoms. The largest absolute Gasteiger partial charge is 0.507 e. The summed E-state index contributed by atoms with van der Waals surface area (Å²) in [6, 6.07) is 4.02. The highest BCUT2D eigenvalue weighted by Crippen LogP contribution is 2.53. The topological polar surface area (TPSA) is 29.5 Å². The van der Waals surface area contributed by atoms with Gasteiger partial charge in [-0.3, -0.25) is 0 Å². The first-order valence-electron chi connectivity index (χ1n) is 10.5. The molecule has 0 aromatic heterocycles. The van der Waals surface area contributed by atoms with Gasteiger partial charge in [0.25, 0.3) is 0 Å². The number of aromatic hydroxyl groups is 1. The van der Waals surface area contributed by atoms with E-state index in [-0.39, 0.29) is 11.5 Å². The van der Waals surface area contributed by atoms with E-state index in [1.54, 1.807) is 6.08 Å². The summed E-state index contributed by atoms with van der Waals surface area (Å²) in [7, 11) is 0. The highest BCUT2D eigenvalue weighted by atomic mass is 16.5. The van der Waals surface area contributed by atoms with E-state index in [9.17, 15) is 5.11 Å². The van der Waals surface area contributed by atoms with Crippen molar-refractivity contribution in [3.05, 3.63) is 71.9 Å². The van der Waals surface area contributed by atoms with Gasteiger partial charge in [0.05, 0.1) is 0 Å². The Hall–Kier alpha value is -2.22. The van der Waals surface area contributed by atoms with Crippen LogP contribution in [0.4, 0.5) is 0 Å².